The Labute approximate surface area is 110 Å². The third-order valence-electron chi connectivity index (χ3n) is 2.82. The number of aryl methyl sites for hydroxylation is 1. The van der Waals surface area contributed by atoms with Crippen LogP contribution in [0.2, 0.25) is 0 Å². The number of rotatable bonds is 5. The van der Waals surface area contributed by atoms with Crippen LogP contribution in [0.3, 0.4) is 0 Å². The van der Waals surface area contributed by atoms with Gasteiger partial charge in [-0.15, -0.1) is 0 Å². The summed E-state index contributed by atoms with van der Waals surface area (Å²) >= 11 is 0. The second-order valence-corrected chi connectivity index (χ2v) is 4.02. The average molecular weight is 261 g/mol. The van der Waals surface area contributed by atoms with Gasteiger partial charge in [-0.3, -0.25) is 0 Å². The van der Waals surface area contributed by atoms with E-state index in [0.717, 1.165) is 5.82 Å². The Balaban J connectivity index is 2.22. The van der Waals surface area contributed by atoms with Crippen molar-refractivity contribution in [1.29, 1.82) is 0 Å². The molecule has 0 aliphatic carbocycles. The van der Waals surface area contributed by atoms with Crippen molar-refractivity contribution in [3.05, 3.63) is 42.0 Å². The normalized spacial score (nSPS) is 10.2. The van der Waals surface area contributed by atoms with E-state index in [1.165, 1.54) is 13.2 Å². The Kier molecular flexibility index (Phi) is 3.70. The van der Waals surface area contributed by atoms with E-state index in [0.29, 0.717) is 18.0 Å². The van der Waals surface area contributed by atoms with E-state index in [1.54, 1.807) is 18.3 Å². The van der Waals surface area contributed by atoms with Crippen LogP contribution in [0, 0.1) is 0 Å². The lowest BCUT2D eigenvalue weighted by Crippen LogP contribution is -2.09. The van der Waals surface area contributed by atoms with Gasteiger partial charge in [0, 0.05) is 25.5 Å². The molecule has 1 heterocycles. The van der Waals surface area contributed by atoms with Gasteiger partial charge in [-0.1, -0.05) is 0 Å². The summed E-state index contributed by atoms with van der Waals surface area (Å²) in [6.45, 7) is 0.441. The number of hydrogen-bond acceptors (Lipinski definition) is 4. The zero-order valence-electron chi connectivity index (χ0n) is 10.8. The molecule has 0 atom stereocenters. The third-order valence-corrected chi connectivity index (χ3v) is 2.82. The minimum atomic E-state index is -0.981. The number of aromatic carboxylic acids is 1. The molecule has 0 amide bonds. The van der Waals surface area contributed by atoms with Crippen molar-refractivity contribution >= 4 is 11.7 Å². The van der Waals surface area contributed by atoms with Gasteiger partial charge in [0.15, 0.2) is 0 Å². The first-order chi connectivity index (χ1) is 9.11. The van der Waals surface area contributed by atoms with Crippen molar-refractivity contribution in [1.82, 2.24) is 9.55 Å². The number of nitrogens with zero attached hydrogens (tertiary/aromatic N) is 2. The van der Waals surface area contributed by atoms with E-state index < -0.39 is 5.97 Å². The SMILES string of the molecule is COc1ccc(C(=O)O)c(NCc2nccn2C)c1. The summed E-state index contributed by atoms with van der Waals surface area (Å²) < 4.78 is 6.97. The Morgan fingerprint density at radius 3 is 2.89 bits per heavy atom. The topological polar surface area (TPSA) is 76.4 Å². The molecule has 0 unspecified atom stereocenters. The maximum Gasteiger partial charge on any atom is 0.337 e. The Morgan fingerprint density at radius 1 is 1.53 bits per heavy atom. The lowest BCUT2D eigenvalue weighted by Gasteiger charge is -2.11. The fourth-order valence-corrected chi connectivity index (χ4v) is 1.72. The van der Waals surface area contributed by atoms with Crippen molar-refractivity contribution in [2.24, 2.45) is 7.05 Å². The molecule has 2 aromatic rings. The van der Waals surface area contributed by atoms with E-state index in [9.17, 15) is 4.79 Å². The molecule has 0 saturated heterocycles. The molecule has 0 aliphatic heterocycles. The van der Waals surface area contributed by atoms with Crippen LogP contribution in [0.15, 0.2) is 30.6 Å². The van der Waals surface area contributed by atoms with Crippen LogP contribution >= 0.6 is 0 Å². The van der Waals surface area contributed by atoms with Crippen LogP contribution in [0.25, 0.3) is 0 Å². The molecule has 0 spiro atoms. The zero-order valence-corrected chi connectivity index (χ0v) is 10.8. The number of imidazole rings is 1. The van der Waals surface area contributed by atoms with Crippen LogP contribution in [-0.4, -0.2) is 27.7 Å². The van der Waals surface area contributed by atoms with Gasteiger partial charge in [0.2, 0.25) is 0 Å². The first-order valence-electron chi connectivity index (χ1n) is 5.73. The number of methoxy groups -OCH3 is 1. The predicted molar refractivity (Wildman–Crippen MR) is 70.5 cm³/mol. The highest BCUT2D eigenvalue weighted by molar-refractivity contribution is 5.94. The van der Waals surface area contributed by atoms with Crippen LogP contribution in [0.5, 0.6) is 5.75 Å². The van der Waals surface area contributed by atoms with E-state index in [1.807, 2.05) is 17.8 Å². The Hall–Kier alpha value is -2.50. The molecule has 0 bridgehead atoms. The van der Waals surface area contributed by atoms with Crippen molar-refractivity contribution in [3.63, 3.8) is 0 Å². The monoisotopic (exact) mass is 261 g/mol. The summed E-state index contributed by atoms with van der Waals surface area (Å²) in [4.78, 5) is 15.3. The number of ether oxygens (including phenoxy) is 1. The van der Waals surface area contributed by atoms with E-state index in [4.69, 9.17) is 9.84 Å². The first kappa shape index (κ1) is 12.9. The lowest BCUT2D eigenvalue weighted by molar-refractivity contribution is 0.0698. The molecule has 1 aromatic heterocycles. The molecule has 0 radical (unpaired) electrons. The van der Waals surface area contributed by atoms with Gasteiger partial charge in [-0.05, 0) is 12.1 Å². The van der Waals surface area contributed by atoms with E-state index in [2.05, 4.69) is 10.3 Å². The number of hydrogen-bond donors (Lipinski definition) is 2. The number of anilines is 1. The van der Waals surface area contributed by atoms with Crippen LogP contribution in [-0.2, 0) is 13.6 Å². The van der Waals surface area contributed by atoms with Crippen LogP contribution in [0.1, 0.15) is 16.2 Å². The van der Waals surface area contributed by atoms with E-state index >= 15 is 0 Å². The maximum atomic E-state index is 11.1. The van der Waals surface area contributed by atoms with Gasteiger partial charge in [-0.2, -0.15) is 0 Å². The van der Waals surface area contributed by atoms with Gasteiger partial charge >= 0.3 is 5.97 Å². The number of carbonyl (C=O) groups is 1. The zero-order chi connectivity index (χ0) is 13.8. The smallest absolute Gasteiger partial charge is 0.337 e. The van der Waals surface area contributed by atoms with Crippen molar-refractivity contribution < 1.29 is 14.6 Å². The first-order valence-corrected chi connectivity index (χ1v) is 5.73. The average Bonchev–Trinajstić information content (AvgIpc) is 2.81. The number of benzene rings is 1. The second-order valence-electron chi connectivity index (χ2n) is 4.02. The fourth-order valence-electron chi connectivity index (χ4n) is 1.72. The van der Waals surface area contributed by atoms with Crippen molar-refractivity contribution in [2.75, 3.05) is 12.4 Å². The molecule has 6 nitrogen and oxygen atoms in total. The molecule has 19 heavy (non-hydrogen) atoms. The molecular weight excluding hydrogens is 246 g/mol. The van der Waals surface area contributed by atoms with Crippen molar-refractivity contribution in [2.45, 2.75) is 6.54 Å². The number of aromatic nitrogens is 2. The molecule has 0 aliphatic rings. The molecule has 100 valence electrons. The molecule has 1 aromatic carbocycles. The van der Waals surface area contributed by atoms with E-state index in [-0.39, 0.29) is 5.56 Å². The van der Waals surface area contributed by atoms with Crippen LogP contribution in [0.4, 0.5) is 5.69 Å². The number of carboxylic acids is 1. The summed E-state index contributed by atoms with van der Waals surface area (Å²) in [5.74, 6) is 0.441. The van der Waals surface area contributed by atoms with Gasteiger partial charge in [0.05, 0.1) is 24.9 Å². The molecular formula is C13H15N3O3. The summed E-state index contributed by atoms with van der Waals surface area (Å²) in [7, 11) is 3.42. The predicted octanol–water partition coefficient (Wildman–Crippen LogP) is 1.74. The highest BCUT2D eigenvalue weighted by Crippen LogP contribution is 2.23. The molecule has 2 N–H and O–H groups in total. The summed E-state index contributed by atoms with van der Waals surface area (Å²) in [6.07, 6.45) is 3.53. The third kappa shape index (κ3) is 2.85. The lowest BCUT2D eigenvalue weighted by atomic mass is 10.1. The molecule has 6 heteroatoms. The van der Waals surface area contributed by atoms with Gasteiger partial charge in [0.25, 0.3) is 0 Å². The summed E-state index contributed by atoms with van der Waals surface area (Å²) in [6, 6.07) is 4.80. The second kappa shape index (κ2) is 5.43. The van der Waals surface area contributed by atoms with Gasteiger partial charge in [0.1, 0.15) is 11.6 Å². The number of nitrogens with one attached hydrogen (secondary N) is 1. The summed E-state index contributed by atoms with van der Waals surface area (Å²) in [5.41, 5.74) is 0.713. The largest absolute Gasteiger partial charge is 0.497 e. The van der Waals surface area contributed by atoms with Crippen LogP contribution < -0.4 is 10.1 Å². The maximum absolute atomic E-state index is 11.1. The highest BCUT2D eigenvalue weighted by Gasteiger charge is 2.11. The minimum absolute atomic E-state index is 0.204. The molecule has 2 rings (SSSR count). The minimum Gasteiger partial charge on any atom is -0.497 e. The fraction of sp³-hybridized carbons (Fsp3) is 0.231. The Bertz CT molecular complexity index is 593. The molecule has 0 fully saturated rings. The standard InChI is InChI=1S/C13H15N3O3/c1-16-6-5-14-12(16)8-15-11-7-9(19-2)3-4-10(11)13(17)18/h3-7,15H,8H2,1-2H3,(H,17,18). The van der Waals surface area contributed by atoms with Crippen molar-refractivity contribution in [3.8, 4) is 5.75 Å². The quantitative estimate of drug-likeness (QED) is 0.857. The number of carboxylic acid groups (broad SMARTS) is 1. The van der Waals surface area contributed by atoms with Gasteiger partial charge < -0.3 is 19.7 Å². The molecule has 0 saturated carbocycles. The summed E-state index contributed by atoms with van der Waals surface area (Å²) in [5, 5.41) is 12.2. The Morgan fingerprint density at radius 2 is 2.32 bits per heavy atom. The van der Waals surface area contributed by atoms with Gasteiger partial charge in [-0.25, -0.2) is 9.78 Å². The highest BCUT2D eigenvalue weighted by atomic mass is 16.5.